The van der Waals surface area contributed by atoms with Crippen molar-refractivity contribution in [2.75, 3.05) is 14.1 Å². The molecule has 180 valence electrons. The Labute approximate surface area is 196 Å². The maximum absolute atomic E-state index is 11.1. The molecule has 3 fully saturated rings. The number of nitrogens with zero attached hydrogens (tertiary/aromatic N) is 1. The van der Waals surface area contributed by atoms with E-state index in [-0.39, 0.29) is 27.8 Å². The third-order valence-electron chi connectivity index (χ3n) is 10.6. The first kappa shape index (κ1) is 23.3. The van der Waals surface area contributed by atoms with Crippen LogP contribution in [0.25, 0.3) is 0 Å². The molecule has 5 aliphatic rings. The minimum absolute atomic E-state index is 0.129. The van der Waals surface area contributed by atoms with E-state index < -0.39 is 8.32 Å². The number of fused-ring (bicyclic) bond motifs is 1. The summed E-state index contributed by atoms with van der Waals surface area (Å²) in [4.78, 5) is 2.28. The molecule has 2 saturated carbocycles. The lowest BCUT2D eigenvalue weighted by atomic mass is 9.60. The lowest BCUT2D eigenvalue weighted by Gasteiger charge is -2.55. The fraction of sp³-hybridized carbons (Fsp3) is 0.852. The van der Waals surface area contributed by atoms with Crippen LogP contribution in [0.4, 0.5) is 0 Å². The van der Waals surface area contributed by atoms with Gasteiger partial charge in [-0.25, -0.2) is 0 Å². The Kier molecular flexibility index (Phi) is 5.12. The van der Waals surface area contributed by atoms with Gasteiger partial charge < -0.3 is 19.2 Å². The highest BCUT2D eigenvalue weighted by Crippen LogP contribution is 2.67. The Morgan fingerprint density at radius 1 is 1.19 bits per heavy atom. The predicted octanol–water partition coefficient (Wildman–Crippen LogP) is 5.44. The second-order valence-electron chi connectivity index (χ2n) is 13.5. The smallest absolute Gasteiger partial charge is 0.192 e. The van der Waals surface area contributed by atoms with Crippen LogP contribution in [0.2, 0.25) is 18.1 Å². The van der Waals surface area contributed by atoms with Crippen LogP contribution in [0.15, 0.2) is 23.3 Å². The molecule has 5 rings (SSSR count). The van der Waals surface area contributed by atoms with E-state index in [1.807, 2.05) is 0 Å². The molecular weight excluding hydrogens is 414 g/mol. The summed E-state index contributed by atoms with van der Waals surface area (Å²) in [5, 5.41) is 11.3. The van der Waals surface area contributed by atoms with Gasteiger partial charge in [0.05, 0.1) is 23.4 Å². The van der Waals surface area contributed by atoms with Crippen molar-refractivity contribution in [3.63, 3.8) is 0 Å². The summed E-state index contributed by atoms with van der Waals surface area (Å²) < 4.78 is 14.4. The molecule has 0 aromatic rings. The van der Waals surface area contributed by atoms with Crippen molar-refractivity contribution < 1.29 is 14.3 Å². The van der Waals surface area contributed by atoms with E-state index in [9.17, 15) is 5.11 Å². The lowest BCUT2D eigenvalue weighted by Crippen LogP contribution is -2.58. The third kappa shape index (κ3) is 3.07. The maximum atomic E-state index is 11.1. The summed E-state index contributed by atoms with van der Waals surface area (Å²) in [6.07, 6.45) is 12.1. The van der Waals surface area contributed by atoms with Crippen molar-refractivity contribution in [1.82, 2.24) is 4.90 Å². The number of ether oxygens (including phenoxy) is 1. The zero-order valence-electron chi connectivity index (χ0n) is 21.6. The second-order valence-corrected chi connectivity index (χ2v) is 18.3. The van der Waals surface area contributed by atoms with Gasteiger partial charge in [0.25, 0.3) is 0 Å². The number of hydrogen-bond acceptors (Lipinski definition) is 4. The highest BCUT2D eigenvalue weighted by Gasteiger charge is 2.68. The fourth-order valence-corrected chi connectivity index (χ4v) is 9.00. The molecule has 0 unspecified atom stereocenters. The van der Waals surface area contributed by atoms with E-state index >= 15 is 0 Å². The number of allylic oxidation sites excluding steroid dienone is 1. The molecule has 7 atom stereocenters. The quantitative estimate of drug-likeness (QED) is 0.571. The summed E-state index contributed by atoms with van der Waals surface area (Å²) in [6.45, 7) is 14.3. The van der Waals surface area contributed by atoms with E-state index in [1.165, 1.54) is 12.0 Å². The van der Waals surface area contributed by atoms with Crippen LogP contribution in [0.1, 0.15) is 72.6 Å². The molecule has 0 aromatic carbocycles. The molecule has 0 amide bonds. The predicted molar refractivity (Wildman–Crippen MR) is 132 cm³/mol. The Balaban J connectivity index is 1.50. The largest absolute Gasteiger partial charge is 0.413 e. The topological polar surface area (TPSA) is 41.9 Å². The molecule has 5 heteroatoms. The van der Waals surface area contributed by atoms with Gasteiger partial charge in [-0.05, 0) is 88.3 Å². The van der Waals surface area contributed by atoms with E-state index in [1.54, 1.807) is 0 Å². The number of rotatable bonds is 3. The van der Waals surface area contributed by atoms with Crippen LogP contribution in [0, 0.1) is 11.3 Å². The van der Waals surface area contributed by atoms with Gasteiger partial charge in [0.2, 0.25) is 0 Å². The third-order valence-corrected chi connectivity index (χ3v) is 15.1. The Hall–Kier alpha value is -0.463. The average Bonchev–Trinajstić information content (AvgIpc) is 3.16. The van der Waals surface area contributed by atoms with Gasteiger partial charge >= 0.3 is 0 Å². The highest BCUT2D eigenvalue weighted by atomic mass is 28.4. The van der Waals surface area contributed by atoms with E-state index in [4.69, 9.17) is 9.16 Å². The number of aliphatic hydroxyl groups excluding tert-OH is 1. The summed E-state index contributed by atoms with van der Waals surface area (Å²) in [6, 6.07) is 0.371. The molecule has 1 N–H and O–H groups in total. The second kappa shape index (κ2) is 7.04. The van der Waals surface area contributed by atoms with Crippen LogP contribution in [-0.4, -0.2) is 61.9 Å². The van der Waals surface area contributed by atoms with E-state index in [0.717, 1.165) is 44.1 Å². The van der Waals surface area contributed by atoms with Crippen molar-refractivity contribution in [3.8, 4) is 0 Å². The van der Waals surface area contributed by atoms with Crippen molar-refractivity contribution >= 4 is 8.32 Å². The zero-order valence-corrected chi connectivity index (χ0v) is 22.6. The van der Waals surface area contributed by atoms with Gasteiger partial charge in [0, 0.05) is 17.4 Å². The summed E-state index contributed by atoms with van der Waals surface area (Å²) >= 11 is 0. The molecule has 2 bridgehead atoms. The van der Waals surface area contributed by atoms with Gasteiger partial charge in [-0.1, -0.05) is 39.8 Å². The summed E-state index contributed by atoms with van der Waals surface area (Å²) in [5.41, 5.74) is 2.18. The van der Waals surface area contributed by atoms with Crippen molar-refractivity contribution in [3.05, 3.63) is 23.3 Å². The van der Waals surface area contributed by atoms with Gasteiger partial charge in [0.1, 0.15) is 0 Å². The molecule has 0 aromatic heterocycles. The molecule has 2 heterocycles. The fourth-order valence-electron chi connectivity index (χ4n) is 7.54. The molecule has 3 aliphatic carbocycles. The van der Waals surface area contributed by atoms with Crippen LogP contribution >= 0.6 is 0 Å². The zero-order chi connectivity index (χ0) is 23.3. The Bertz CT molecular complexity index is 857. The van der Waals surface area contributed by atoms with Gasteiger partial charge in [-0.15, -0.1) is 0 Å². The summed E-state index contributed by atoms with van der Waals surface area (Å²) in [7, 11) is 2.44. The van der Waals surface area contributed by atoms with Crippen LogP contribution < -0.4 is 0 Å². The summed E-state index contributed by atoms with van der Waals surface area (Å²) in [5.74, 6) is 0.499. The van der Waals surface area contributed by atoms with Crippen molar-refractivity contribution in [1.29, 1.82) is 0 Å². The molecule has 32 heavy (non-hydrogen) atoms. The van der Waals surface area contributed by atoms with Crippen LogP contribution in [-0.2, 0) is 9.16 Å². The normalized spacial score (nSPS) is 45.8. The van der Waals surface area contributed by atoms with Crippen LogP contribution in [0.3, 0.4) is 0 Å². The SMILES string of the molecule is CN(C)[C@@H]1C[C@H](O)C2=CC3=CC[C@]4(C)[C@@H](O[Si](C)(C)C(C)(C)C)CC[C@H]4[C@@]34CC[C@]2(C1)O4. The van der Waals surface area contributed by atoms with Crippen molar-refractivity contribution in [2.45, 2.75) is 120 Å². The first-order valence-electron chi connectivity index (χ1n) is 12.9. The Morgan fingerprint density at radius 2 is 1.91 bits per heavy atom. The molecule has 1 saturated heterocycles. The van der Waals surface area contributed by atoms with Crippen LogP contribution in [0.5, 0.6) is 0 Å². The first-order chi connectivity index (χ1) is 14.7. The molecule has 0 radical (unpaired) electrons. The first-order valence-corrected chi connectivity index (χ1v) is 15.8. The standard InChI is InChI=1S/C27H45NO3Si/c1-24(2,3)32(7,8)30-23-10-9-22-25(23,4)12-11-18-15-20-21(29)16-19(28(5)6)17-26(20)13-14-27(18,22)31-26/h11,15,19,21-23,29H,9-10,12-14,16-17H2,1-8H3/t19-,21+,22-,23+,25+,26-,27-/m1/s1. The number of hydrogen-bond donors (Lipinski definition) is 1. The van der Waals surface area contributed by atoms with E-state index in [2.05, 4.69) is 71.9 Å². The molecule has 2 spiro atoms. The molecule has 2 aliphatic heterocycles. The van der Waals surface area contributed by atoms with Gasteiger partial charge in [-0.2, -0.15) is 0 Å². The van der Waals surface area contributed by atoms with Crippen molar-refractivity contribution in [2.24, 2.45) is 11.3 Å². The Morgan fingerprint density at radius 3 is 2.56 bits per heavy atom. The lowest BCUT2D eigenvalue weighted by molar-refractivity contribution is -0.153. The maximum Gasteiger partial charge on any atom is 0.192 e. The molecule has 4 nitrogen and oxygen atoms in total. The van der Waals surface area contributed by atoms with Gasteiger partial charge in [0.15, 0.2) is 8.32 Å². The van der Waals surface area contributed by atoms with E-state index in [0.29, 0.717) is 18.1 Å². The minimum atomic E-state index is -1.83. The number of aliphatic hydroxyl groups is 1. The monoisotopic (exact) mass is 459 g/mol. The minimum Gasteiger partial charge on any atom is -0.413 e. The highest BCUT2D eigenvalue weighted by molar-refractivity contribution is 6.74. The molecular formula is C27H45NO3Si. The van der Waals surface area contributed by atoms with Gasteiger partial charge in [-0.3, -0.25) is 0 Å². The average molecular weight is 460 g/mol.